The molecule has 0 saturated heterocycles. The standard InChI is InChI=1S/C17H18N4O3S/c1-4-21-15(13-8-9-24-11(13)3)19-20-17(21)25-14-7-6-12(10-18-14)16(22)23-5-2/h6-10H,4-5H2,1-3H3. The van der Waals surface area contributed by atoms with Gasteiger partial charge in [0.15, 0.2) is 11.0 Å². The van der Waals surface area contributed by atoms with Gasteiger partial charge < -0.3 is 13.7 Å². The van der Waals surface area contributed by atoms with E-state index in [4.69, 9.17) is 9.15 Å². The topological polar surface area (TPSA) is 83.0 Å². The number of carbonyl (C=O) groups excluding carboxylic acids is 1. The van der Waals surface area contributed by atoms with Gasteiger partial charge in [0.05, 0.1) is 24.0 Å². The Balaban J connectivity index is 1.83. The number of esters is 1. The van der Waals surface area contributed by atoms with Crippen LogP contribution >= 0.6 is 11.8 Å². The quantitative estimate of drug-likeness (QED) is 0.623. The Labute approximate surface area is 149 Å². The second kappa shape index (κ2) is 7.52. The summed E-state index contributed by atoms with van der Waals surface area (Å²) in [6, 6.07) is 5.35. The number of furan rings is 1. The first-order chi connectivity index (χ1) is 12.1. The minimum atomic E-state index is -0.374. The summed E-state index contributed by atoms with van der Waals surface area (Å²) in [4.78, 5) is 16.0. The van der Waals surface area contributed by atoms with Crippen LogP contribution in [-0.4, -0.2) is 32.3 Å². The second-order valence-electron chi connectivity index (χ2n) is 5.15. The zero-order valence-corrected chi connectivity index (χ0v) is 15.0. The van der Waals surface area contributed by atoms with E-state index in [1.165, 1.54) is 18.0 Å². The number of aryl methyl sites for hydroxylation is 1. The Morgan fingerprint density at radius 1 is 1.28 bits per heavy atom. The first kappa shape index (κ1) is 17.2. The highest BCUT2D eigenvalue weighted by Crippen LogP contribution is 2.30. The second-order valence-corrected chi connectivity index (χ2v) is 6.14. The maximum atomic E-state index is 11.7. The molecule has 0 aliphatic carbocycles. The van der Waals surface area contributed by atoms with Crippen LogP contribution in [0.3, 0.4) is 0 Å². The van der Waals surface area contributed by atoms with Crippen molar-refractivity contribution in [1.29, 1.82) is 0 Å². The van der Waals surface area contributed by atoms with Gasteiger partial charge in [-0.2, -0.15) is 0 Å². The third-order valence-corrected chi connectivity index (χ3v) is 4.51. The summed E-state index contributed by atoms with van der Waals surface area (Å²) in [6.07, 6.45) is 3.15. The third-order valence-electron chi connectivity index (χ3n) is 3.58. The van der Waals surface area contributed by atoms with E-state index < -0.39 is 0 Å². The lowest BCUT2D eigenvalue weighted by molar-refractivity contribution is 0.0525. The number of nitrogens with zero attached hydrogens (tertiary/aromatic N) is 4. The molecule has 0 saturated carbocycles. The van der Waals surface area contributed by atoms with Crippen molar-refractivity contribution in [2.45, 2.75) is 37.5 Å². The van der Waals surface area contributed by atoms with Gasteiger partial charge in [-0.05, 0) is 50.7 Å². The fraction of sp³-hybridized carbons (Fsp3) is 0.294. The molecule has 0 unspecified atom stereocenters. The van der Waals surface area contributed by atoms with E-state index in [9.17, 15) is 4.79 Å². The minimum absolute atomic E-state index is 0.338. The molecule has 25 heavy (non-hydrogen) atoms. The van der Waals surface area contributed by atoms with Crippen LogP contribution in [0.5, 0.6) is 0 Å². The van der Waals surface area contributed by atoms with Crippen LogP contribution in [0, 0.1) is 6.92 Å². The van der Waals surface area contributed by atoms with Gasteiger partial charge in [-0.15, -0.1) is 10.2 Å². The lowest BCUT2D eigenvalue weighted by Gasteiger charge is -2.06. The summed E-state index contributed by atoms with van der Waals surface area (Å²) >= 11 is 1.39. The van der Waals surface area contributed by atoms with Gasteiger partial charge in [0, 0.05) is 12.7 Å². The van der Waals surface area contributed by atoms with Gasteiger partial charge >= 0.3 is 5.97 Å². The first-order valence-corrected chi connectivity index (χ1v) is 8.74. The number of aromatic nitrogens is 4. The van der Waals surface area contributed by atoms with Crippen LogP contribution < -0.4 is 0 Å². The largest absolute Gasteiger partial charge is 0.469 e. The van der Waals surface area contributed by atoms with Crippen molar-refractivity contribution in [1.82, 2.24) is 19.7 Å². The molecule has 130 valence electrons. The molecule has 0 atom stereocenters. The zero-order valence-electron chi connectivity index (χ0n) is 14.2. The summed E-state index contributed by atoms with van der Waals surface area (Å²) in [5.41, 5.74) is 1.35. The normalized spacial score (nSPS) is 10.8. The first-order valence-electron chi connectivity index (χ1n) is 7.92. The fourth-order valence-corrected chi connectivity index (χ4v) is 3.17. The average molecular weight is 358 g/mol. The molecule has 0 amide bonds. The van der Waals surface area contributed by atoms with Crippen molar-refractivity contribution in [2.75, 3.05) is 6.61 Å². The van der Waals surface area contributed by atoms with Crippen LogP contribution in [-0.2, 0) is 11.3 Å². The van der Waals surface area contributed by atoms with Gasteiger partial charge in [0.25, 0.3) is 0 Å². The van der Waals surface area contributed by atoms with Crippen LogP contribution in [0.15, 0.2) is 45.3 Å². The predicted octanol–water partition coefficient (Wildman–Crippen LogP) is 3.59. The maximum Gasteiger partial charge on any atom is 0.339 e. The highest BCUT2D eigenvalue weighted by Gasteiger charge is 2.17. The smallest absolute Gasteiger partial charge is 0.339 e. The van der Waals surface area contributed by atoms with Crippen LogP contribution in [0.25, 0.3) is 11.4 Å². The van der Waals surface area contributed by atoms with Gasteiger partial charge in [0.1, 0.15) is 10.8 Å². The number of carbonyl (C=O) groups is 1. The lowest BCUT2D eigenvalue weighted by Crippen LogP contribution is -2.05. The van der Waals surface area contributed by atoms with E-state index in [0.717, 1.165) is 33.9 Å². The summed E-state index contributed by atoms with van der Waals surface area (Å²) in [5, 5.41) is 10.0. The van der Waals surface area contributed by atoms with Crippen molar-refractivity contribution in [2.24, 2.45) is 0 Å². The van der Waals surface area contributed by atoms with Crippen molar-refractivity contribution in [3.63, 3.8) is 0 Å². The van der Waals surface area contributed by atoms with Crippen LogP contribution in [0.1, 0.15) is 30.0 Å². The molecule has 0 aliphatic heterocycles. The molecular formula is C17H18N4O3S. The van der Waals surface area contributed by atoms with E-state index >= 15 is 0 Å². The Kier molecular flexibility index (Phi) is 5.18. The molecule has 0 radical (unpaired) electrons. The lowest BCUT2D eigenvalue weighted by atomic mass is 10.2. The molecule has 3 aromatic rings. The van der Waals surface area contributed by atoms with Gasteiger partial charge in [-0.25, -0.2) is 9.78 Å². The van der Waals surface area contributed by atoms with Crippen molar-refractivity contribution >= 4 is 17.7 Å². The molecule has 0 aromatic carbocycles. The average Bonchev–Trinajstić information content (AvgIpc) is 3.21. The molecule has 0 aliphatic rings. The number of rotatable bonds is 6. The van der Waals surface area contributed by atoms with Gasteiger partial charge in [-0.3, -0.25) is 0 Å². The van der Waals surface area contributed by atoms with E-state index in [0.29, 0.717) is 12.2 Å². The highest BCUT2D eigenvalue weighted by atomic mass is 32.2. The van der Waals surface area contributed by atoms with Crippen LogP contribution in [0.2, 0.25) is 0 Å². The highest BCUT2D eigenvalue weighted by molar-refractivity contribution is 7.99. The summed E-state index contributed by atoms with van der Waals surface area (Å²) < 4.78 is 12.3. The molecule has 3 rings (SSSR count). The molecule has 0 fully saturated rings. The van der Waals surface area contributed by atoms with Crippen LogP contribution in [0.4, 0.5) is 0 Å². The van der Waals surface area contributed by atoms with E-state index in [-0.39, 0.29) is 5.97 Å². The molecule has 8 heteroatoms. The third kappa shape index (κ3) is 3.58. The number of hydrogen-bond donors (Lipinski definition) is 0. The Bertz CT molecular complexity index is 870. The molecular weight excluding hydrogens is 340 g/mol. The van der Waals surface area contributed by atoms with Gasteiger partial charge in [0.2, 0.25) is 0 Å². The van der Waals surface area contributed by atoms with Crippen molar-refractivity contribution in [3.05, 3.63) is 42.0 Å². The Morgan fingerprint density at radius 2 is 2.12 bits per heavy atom. The zero-order chi connectivity index (χ0) is 17.8. The summed E-state index contributed by atoms with van der Waals surface area (Å²) in [5.74, 6) is 1.19. The Hall–Kier alpha value is -2.61. The molecule has 3 aromatic heterocycles. The molecule has 0 spiro atoms. The monoisotopic (exact) mass is 358 g/mol. The minimum Gasteiger partial charge on any atom is -0.469 e. The van der Waals surface area contributed by atoms with Gasteiger partial charge in [-0.1, -0.05) is 0 Å². The van der Waals surface area contributed by atoms with Crippen molar-refractivity contribution < 1.29 is 13.9 Å². The number of ether oxygens (including phenoxy) is 1. The predicted molar refractivity (Wildman–Crippen MR) is 92.5 cm³/mol. The van der Waals surface area contributed by atoms with E-state index in [1.54, 1.807) is 25.3 Å². The maximum absolute atomic E-state index is 11.7. The number of hydrogen-bond acceptors (Lipinski definition) is 7. The Morgan fingerprint density at radius 3 is 2.72 bits per heavy atom. The molecule has 7 nitrogen and oxygen atoms in total. The fourth-order valence-electron chi connectivity index (χ4n) is 2.33. The molecule has 0 bridgehead atoms. The number of pyridine rings is 1. The SMILES string of the molecule is CCOC(=O)c1ccc(Sc2nnc(-c3ccoc3C)n2CC)nc1. The molecule has 3 heterocycles. The molecule has 0 N–H and O–H groups in total. The van der Waals surface area contributed by atoms with Crippen molar-refractivity contribution in [3.8, 4) is 11.4 Å². The summed E-state index contributed by atoms with van der Waals surface area (Å²) in [7, 11) is 0. The van der Waals surface area contributed by atoms with E-state index in [1.807, 2.05) is 24.5 Å². The summed E-state index contributed by atoms with van der Waals surface area (Å²) in [6.45, 7) is 6.75. The van der Waals surface area contributed by atoms with E-state index in [2.05, 4.69) is 15.2 Å².